The van der Waals surface area contributed by atoms with Crippen LogP contribution >= 0.6 is 0 Å². The van der Waals surface area contributed by atoms with Crippen molar-refractivity contribution in [2.75, 3.05) is 32.8 Å². The molecule has 3 atom stereocenters. The molecule has 2 aliphatic rings. The molecule has 1 saturated heterocycles. The zero-order chi connectivity index (χ0) is 24.2. The molecule has 1 aromatic rings. The van der Waals surface area contributed by atoms with Crippen molar-refractivity contribution >= 4 is 27.8 Å². The van der Waals surface area contributed by atoms with E-state index in [1.54, 1.807) is 4.90 Å². The number of ether oxygens (including phenoxy) is 1. The predicted molar refractivity (Wildman–Crippen MR) is 122 cm³/mol. The van der Waals surface area contributed by atoms with Gasteiger partial charge in [0, 0.05) is 39.1 Å². The van der Waals surface area contributed by atoms with Crippen LogP contribution in [0.25, 0.3) is 0 Å². The van der Waals surface area contributed by atoms with Gasteiger partial charge in [0.25, 0.3) is 5.91 Å². The molecule has 33 heavy (non-hydrogen) atoms. The van der Waals surface area contributed by atoms with E-state index in [4.69, 9.17) is 4.74 Å². The van der Waals surface area contributed by atoms with Gasteiger partial charge in [0.05, 0.1) is 10.5 Å². The van der Waals surface area contributed by atoms with Crippen LogP contribution in [0.3, 0.4) is 0 Å². The number of esters is 1. The Morgan fingerprint density at radius 2 is 1.79 bits per heavy atom. The lowest BCUT2D eigenvalue weighted by molar-refractivity contribution is -0.130. The minimum absolute atomic E-state index is 0.0253. The van der Waals surface area contributed by atoms with Crippen molar-refractivity contribution in [2.24, 2.45) is 11.8 Å². The van der Waals surface area contributed by atoms with E-state index >= 15 is 0 Å². The number of hydrogen-bond acceptors (Lipinski definition) is 6. The maximum Gasteiger partial charge on any atom is 0.338 e. The van der Waals surface area contributed by atoms with E-state index in [-0.39, 0.29) is 41.4 Å². The SMILES string of the molecule is CC(=O)N1CCN(S(=O)(=O)c2cccc(C(=O)OCC(=O)N[C@@H]3CCC[C@@H](C)[C@@H]3C)c2)CC1. The van der Waals surface area contributed by atoms with Crippen molar-refractivity contribution in [1.29, 1.82) is 0 Å². The van der Waals surface area contributed by atoms with Crippen molar-refractivity contribution in [3.8, 4) is 0 Å². The van der Waals surface area contributed by atoms with Crippen molar-refractivity contribution in [3.05, 3.63) is 29.8 Å². The van der Waals surface area contributed by atoms with Gasteiger partial charge in [-0.1, -0.05) is 32.8 Å². The van der Waals surface area contributed by atoms with Crippen LogP contribution in [0.4, 0.5) is 0 Å². The van der Waals surface area contributed by atoms with Gasteiger partial charge in [-0.25, -0.2) is 13.2 Å². The van der Waals surface area contributed by atoms with E-state index in [1.165, 1.54) is 35.5 Å². The summed E-state index contributed by atoms with van der Waals surface area (Å²) in [5.74, 6) is -0.317. The fourth-order valence-corrected chi connectivity index (χ4v) is 5.89. The minimum Gasteiger partial charge on any atom is -0.452 e. The van der Waals surface area contributed by atoms with Crippen LogP contribution in [0.15, 0.2) is 29.2 Å². The Bertz CT molecular complexity index is 988. The molecule has 1 saturated carbocycles. The molecule has 1 heterocycles. The summed E-state index contributed by atoms with van der Waals surface area (Å²) in [6, 6.07) is 5.68. The predicted octanol–water partition coefficient (Wildman–Crippen LogP) is 1.64. The molecule has 10 heteroatoms. The summed E-state index contributed by atoms with van der Waals surface area (Å²) in [6.07, 6.45) is 3.11. The van der Waals surface area contributed by atoms with E-state index in [2.05, 4.69) is 19.2 Å². The van der Waals surface area contributed by atoms with Crippen LogP contribution in [0.2, 0.25) is 0 Å². The molecule has 1 N–H and O–H groups in total. The number of sulfonamides is 1. The topological polar surface area (TPSA) is 113 Å². The lowest BCUT2D eigenvalue weighted by atomic mass is 9.78. The van der Waals surface area contributed by atoms with Crippen molar-refractivity contribution in [2.45, 2.75) is 51.0 Å². The minimum atomic E-state index is -3.82. The van der Waals surface area contributed by atoms with Crippen molar-refractivity contribution < 1.29 is 27.5 Å². The second-order valence-electron chi connectivity index (χ2n) is 8.96. The van der Waals surface area contributed by atoms with Gasteiger partial charge in [-0.3, -0.25) is 9.59 Å². The van der Waals surface area contributed by atoms with Crippen LogP contribution < -0.4 is 5.32 Å². The first kappa shape index (κ1) is 25.2. The molecule has 3 rings (SSSR count). The van der Waals surface area contributed by atoms with E-state index < -0.39 is 22.6 Å². The molecule has 0 aromatic heterocycles. The third-order valence-corrected chi connectivity index (χ3v) is 8.67. The normalized spacial score (nSPS) is 24.2. The lowest BCUT2D eigenvalue weighted by Gasteiger charge is -2.34. The van der Waals surface area contributed by atoms with Crippen LogP contribution in [0.1, 0.15) is 50.4 Å². The quantitative estimate of drug-likeness (QED) is 0.621. The molecule has 0 spiro atoms. The maximum absolute atomic E-state index is 13.0. The van der Waals surface area contributed by atoms with E-state index in [1.807, 2.05) is 0 Å². The average molecular weight is 480 g/mol. The number of rotatable bonds is 6. The molecular formula is C23H33N3O6S. The Morgan fingerprint density at radius 3 is 2.45 bits per heavy atom. The molecule has 0 unspecified atom stereocenters. The highest BCUT2D eigenvalue weighted by molar-refractivity contribution is 7.89. The highest BCUT2D eigenvalue weighted by atomic mass is 32.2. The van der Waals surface area contributed by atoms with Gasteiger partial charge in [-0.05, 0) is 36.5 Å². The first-order valence-electron chi connectivity index (χ1n) is 11.4. The number of carbonyl (C=O) groups excluding carboxylic acids is 3. The number of hydrogen-bond donors (Lipinski definition) is 1. The van der Waals surface area contributed by atoms with E-state index in [0.717, 1.165) is 19.3 Å². The summed E-state index contributed by atoms with van der Waals surface area (Å²) in [7, 11) is -3.82. The maximum atomic E-state index is 13.0. The third kappa shape index (κ3) is 6.11. The van der Waals surface area contributed by atoms with Gasteiger partial charge < -0.3 is 15.0 Å². The lowest BCUT2D eigenvalue weighted by Crippen LogP contribution is -2.49. The zero-order valence-electron chi connectivity index (χ0n) is 19.5. The largest absolute Gasteiger partial charge is 0.452 e. The number of amides is 2. The highest BCUT2D eigenvalue weighted by Crippen LogP contribution is 2.29. The molecular weight excluding hydrogens is 446 g/mol. The molecule has 182 valence electrons. The average Bonchev–Trinajstić information content (AvgIpc) is 2.80. The molecule has 9 nitrogen and oxygen atoms in total. The van der Waals surface area contributed by atoms with Gasteiger partial charge in [0.1, 0.15) is 0 Å². The van der Waals surface area contributed by atoms with Crippen LogP contribution in [0, 0.1) is 11.8 Å². The summed E-state index contributed by atoms with van der Waals surface area (Å²) >= 11 is 0. The Kier molecular flexibility index (Phi) is 8.12. The monoisotopic (exact) mass is 479 g/mol. The smallest absolute Gasteiger partial charge is 0.338 e. The molecule has 0 bridgehead atoms. The number of nitrogens with zero attached hydrogens (tertiary/aromatic N) is 2. The fraction of sp³-hybridized carbons (Fsp3) is 0.609. The number of benzene rings is 1. The number of nitrogens with one attached hydrogen (secondary N) is 1. The number of piperazine rings is 1. The van der Waals surface area contributed by atoms with Gasteiger partial charge in [-0.15, -0.1) is 0 Å². The summed E-state index contributed by atoms with van der Waals surface area (Å²) in [5.41, 5.74) is 0.0610. The van der Waals surface area contributed by atoms with Crippen molar-refractivity contribution in [3.63, 3.8) is 0 Å². The van der Waals surface area contributed by atoms with Gasteiger partial charge in [0.15, 0.2) is 6.61 Å². The molecule has 2 fully saturated rings. The highest BCUT2D eigenvalue weighted by Gasteiger charge is 2.30. The Balaban J connectivity index is 1.58. The first-order chi connectivity index (χ1) is 15.6. The first-order valence-corrected chi connectivity index (χ1v) is 12.9. The second kappa shape index (κ2) is 10.6. The second-order valence-corrected chi connectivity index (χ2v) is 10.9. The Labute approximate surface area is 195 Å². The van der Waals surface area contributed by atoms with E-state index in [9.17, 15) is 22.8 Å². The molecule has 1 aliphatic heterocycles. The standard InChI is InChI=1S/C23H33N3O6S/c1-16-6-4-9-21(17(16)2)24-22(28)15-32-23(29)19-7-5-8-20(14-19)33(30,31)26-12-10-25(11-13-26)18(3)27/h5,7-8,14,16-17,21H,4,6,9-13,15H2,1-3H3,(H,24,28)/t16-,17+,21-/m1/s1. The van der Waals surface area contributed by atoms with E-state index in [0.29, 0.717) is 24.9 Å². The Morgan fingerprint density at radius 1 is 1.09 bits per heavy atom. The number of carbonyl (C=O) groups is 3. The summed E-state index contributed by atoms with van der Waals surface area (Å²) < 4.78 is 32.4. The Hall–Kier alpha value is -2.46. The van der Waals surface area contributed by atoms with Crippen LogP contribution in [-0.4, -0.2) is 74.2 Å². The summed E-state index contributed by atoms with van der Waals surface area (Å²) in [4.78, 5) is 37.8. The summed E-state index contributed by atoms with van der Waals surface area (Å²) in [5, 5.41) is 2.95. The van der Waals surface area contributed by atoms with Gasteiger partial charge >= 0.3 is 5.97 Å². The zero-order valence-corrected chi connectivity index (χ0v) is 20.3. The van der Waals surface area contributed by atoms with Gasteiger partial charge in [-0.2, -0.15) is 4.31 Å². The fourth-order valence-electron chi connectivity index (χ4n) is 4.42. The third-order valence-electron chi connectivity index (χ3n) is 6.78. The summed E-state index contributed by atoms with van der Waals surface area (Å²) in [6.45, 7) is 6.35. The van der Waals surface area contributed by atoms with Crippen LogP contribution in [-0.2, 0) is 24.3 Å². The molecule has 2 amide bonds. The molecule has 0 radical (unpaired) electrons. The molecule has 1 aromatic carbocycles. The van der Waals surface area contributed by atoms with Gasteiger partial charge in [0.2, 0.25) is 15.9 Å². The molecule has 1 aliphatic carbocycles. The van der Waals surface area contributed by atoms with Crippen LogP contribution in [0.5, 0.6) is 0 Å². The van der Waals surface area contributed by atoms with Crippen molar-refractivity contribution in [1.82, 2.24) is 14.5 Å².